The standard InChI is InChI=1S/C27H22N4O3/c1-17-24(32)22-9-6-10-23(26(22)34-25(17)20-7-4-3-5-8-20)27(33)30-18(2)19-11-13-21(14-12-19)31-16-28-15-29-31/h3-16,18H,1-2H3,(H,30,33)/t18-/m0/s1. The van der Waals surface area contributed by atoms with Crippen molar-refractivity contribution in [1.82, 2.24) is 20.1 Å². The number of fused-ring (bicyclic) bond motifs is 1. The highest BCUT2D eigenvalue weighted by Gasteiger charge is 2.20. The van der Waals surface area contributed by atoms with Gasteiger partial charge in [0.1, 0.15) is 18.4 Å². The molecule has 5 aromatic rings. The smallest absolute Gasteiger partial charge is 0.255 e. The highest BCUT2D eigenvalue weighted by atomic mass is 16.3. The van der Waals surface area contributed by atoms with E-state index in [0.29, 0.717) is 22.3 Å². The molecule has 2 aromatic heterocycles. The third-order valence-corrected chi connectivity index (χ3v) is 5.85. The molecule has 0 bridgehead atoms. The van der Waals surface area contributed by atoms with Crippen molar-refractivity contribution >= 4 is 16.9 Å². The Hall–Kier alpha value is -4.52. The van der Waals surface area contributed by atoms with Crippen LogP contribution in [0.25, 0.3) is 28.0 Å². The van der Waals surface area contributed by atoms with Crippen molar-refractivity contribution in [3.8, 4) is 17.0 Å². The van der Waals surface area contributed by atoms with Crippen LogP contribution in [0.4, 0.5) is 0 Å². The molecule has 0 saturated carbocycles. The Morgan fingerprint density at radius 2 is 1.76 bits per heavy atom. The van der Waals surface area contributed by atoms with E-state index in [1.54, 1.807) is 36.1 Å². The molecule has 0 saturated heterocycles. The summed E-state index contributed by atoms with van der Waals surface area (Å²) in [4.78, 5) is 30.3. The summed E-state index contributed by atoms with van der Waals surface area (Å²) < 4.78 is 7.84. The predicted octanol–water partition coefficient (Wildman–Crippen LogP) is 4.84. The molecule has 0 radical (unpaired) electrons. The molecular formula is C27H22N4O3. The highest BCUT2D eigenvalue weighted by Crippen LogP contribution is 2.27. The average Bonchev–Trinajstić information content (AvgIpc) is 3.41. The number of nitrogens with zero attached hydrogens (tertiary/aromatic N) is 3. The summed E-state index contributed by atoms with van der Waals surface area (Å²) in [5, 5.41) is 7.52. The minimum atomic E-state index is -0.315. The van der Waals surface area contributed by atoms with Gasteiger partial charge in [0.05, 0.1) is 22.7 Å². The molecule has 1 atom stereocenters. The van der Waals surface area contributed by atoms with E-state index in [0.717, 1.165) is 16.8 Å². The maximum atomic E-state index is 13.2. The van der Waals surface area contributed by atoms with Gasteiger partial charge < -0.3 is 9.73 Å². The Labute approximate surface area is 195 Å². The lowest BCUT2D eigenvalue weighted by molar-refractivity contribution is 0.0940. The van der Waals surface area contributed by atoms with Gasteiger partial charge in [0.15, 0.2) is 11.0 Å². The maximum absolute atomic E-state index is 13.2. The zero-order chi connectivity index (χ0) is 23.7. The van der Waals surface area contributed by atoms with E-state index in [4.69, 9.17) is 4.42 Å². The van der Waals surface area contributed by atoms with E-state index in [-0.39, 0.29) is 23.0 Å². The number of para-hydroxylation sites is 1. The van der Waals surface area contributed by atoms with Crippen LogP contribution < -0.4 is 10.7 Å². The summed E-state index contributed by atoms with van der Waals surface area (Å²) in [6.45, 7) is 3.65. The normalized spacial score (nSPS) is 11.9. The summed E-state index contributed by atoms with van der Waals surface area (Å²) >= 11 is 0. The number of rotatable bonds is 5. The van der Waals surface area contributed by atoms with Crippen LogP contribution in [0.3, 0.4) is 0 Å². The fraction of sp³-hybridized carbons (Fsp3) is 0.111. The third-order valence-electron chi connectivity index (χ3n) is 5.85. The third kappa shape index (κ3) is 3.88. The highest BCUT2D eigenvalue weighted by molar-refractivity contribution is 6.05. The first-order valence-electron chi connectivity index (χ1n) is 10.9. The SMILES string of the molecule is Cc1c(-c2ccccc2)oc2c(C(=O)N[C@@H](C)c3ccc(-n4cncn4)cc3)cccc2c1=O. The largest absolute Gasteiger partial charge is 0.455 e. The van der Waals surface area contributed by atoms with Crippen LogP contribution in [-0.4, -0.2) is 20.7 Å². The first kappa shape index (κ1) is 21.3. The molecule has 0 aliphatic carbocycles. The number of aromatic nitrogens is 3. The summed E-state index contributed by atoms with van der Waals surface area (Å²) in [6.07, 6.45) is 3.10. The van der Waals surface area contributed by atoms with Crippen LogP contribution in [0.5, 0.6) is 0 Å². The number of hydrogen-bond acceptors (Lipinski definition) is 5. The van der Waals surface area contributed by atoms with Crippen molar-refractivity contribution < 1.29 is 9.21 Å². The van der Waals surface area contributed by atoms with Crippen molar-refractivity contribution in [1.29, 1.82) is 0 Å². The van der Waals surface area contributed by atoms with E-state index in [1.165, 1.54) is 6.33 Å². The quantitative estimate of drug-likeness (QED) is 0.414. The van der Waals surface area contributed by atoms with Crippen molar-refractivity contribution in [2.24, 2.45) is 0 Å². The first-order chi connectivity index (χ1) is 16.5. The number of carbonyl (C=O) groups excluding carboxylic acids is 1. The van der Waals surface area contributed by atoms with Gasteiger partial charge in [-0.15, -0.1) is 0 Å². The Morgan fingerprint density at radius 3 is 2.47 bits per heavy atom. The minimum Gasteiger partial charge on any atom is -0.455 e. The first-order valence-corrected chi connectivity index (χ1v) is 10.9. The Bertz CT molecular complexity index is 1520. The lowest BCUT2D eigenvalue weighted by atomic mass is 10.0. The molecule has 0 spiro atoms. The van der Waals surface area contributed by atoms with Gasteiger partial charge in [-0.05, 0) is 43.7 Å². The number of nitrogens with one attached hydrogen (secondary N) is 1. The molecular weight excluding hydrogens is 428 g/mol. The molecule has 0 aliphatic rings. The Morgan fingerprint density at radius 1 is 1.00 bits per heavy atom. The molecule has 168 valence electrons. The van der Waals surface area contributed by atoms with Crippen LogP contribution in [-0.2, 0) is 0 Å². The monoisotopic (exact) mass is 450 g/mol. The van der Waals surface area contributed by atoms with E-state index in [2.05, 4.69) is 15.4 Å². The van der Waals surface area contributed by atoms with Crippen molar-refractivity contribution in [3.05, 3.63) is 112 Å². The molecule has 1 amide bonds. The second kappa shape index (κ2) is 8.78. The maximum Gasteiger partial charge on any atom is 0.255 e. The number of benzene rings is 3. The lowest BCUT2D eigenvalue weighted by Crippen LogP contribution is -2.27. The van der Waals surface area contributed by atoms with Gasteiger partial charge in [-0.3, -0.25) is 9.59 Å². The summed E-state index contributed by atoms with van der Waals surface area (Å²) in [7, 11) is 0. The number of amides is 1. The van der Waals surface area contributed by atoms with Crippen LogP contribution in [0.15, 0.2) is 94.7 Å². The van der Waals surface area contributed by atoms with E-state index >= 15 is 0 Å². The van der Waals surface area contributed by atoms with E-state index in [9.17, 15) is 9.59 Å². The van der Waals surface area contributed by atoms with Gasteiger partial charge in [0.2, 0.25) is 0 Å². The zero-order valence-electron chi connectivity index (χ0n) is 18.7. The van der Waals surface area contributed by atoms with Gasteiger partial charge in [0, 0.05) is 11.1 Å². The minimum absolute atomic E-state index is 0.147. The predicted molar refractivity (Wildman–Crippen MR) is 130 cm³/mol. The van der Waals surface area contributed by atoms with Crippen molar-refractivity contribution in [3.63, 3.8) is 0 Å². The molecule has 7 nitrogen and oxygen atoms in total. The molecule has 34 heavy (non-hydrogen) atoms. The van der Waals surface area contributed by atoms with Crippen LogP contribution in [0.1, 0.15) is 34.5 Å². The van der Waals surface area contributed by atoms with Gasteiger partial charge in [0.25, 0.3) is 5.91 Å². The summed E-state index contributed by atoms with van der Waals surface area (Å²) in [5.74, 6) is 0.152. The van der Waals surface area contributed by atoms with Gasteiger partial charge in [-0.2, -0.15) is 5.10 Å². The van der Waals surface area contributed by atoms with E-state index < -0.39 is 0 Å². The van der Waals surface area contributed by atoms with Crippen molar-refractivity contribution in [2.45, 2.75) is 19.9 Å². The molecule has 3 aromatic carbocycles. The molecule has 0 fully saturated rings. The van der Waals surface area contributed by atoms with Crippen LogP contribution in [0.2, 0.25) is 0 Å². The second-order valence-corrected chi connectivity index (χ2v) is 8.06. The Balaban J connectivity index is 1.47. The van der Waals surface area contributed by atoms with Crippen molar-refractivity contribution in [2.75, 3.05) is 0 Å². The molecule has 0 aliphatic heterocycles. The molecule has 5 rings (SSSR count). The van der Waals surface area contributed by atoms with Gasteiger partial charge in [-0.1, -0.05) is 48.5 Å². The Kier molecular flexibility index (Phi) is 5.51. The van der Waals surface area contributed by atoms with Crippen LogP contribution in [0, 0.1) is 6.92 Å². The average molecular weight is 450 g/mol. The zero-order valence-corrected chi connectivity index (χ0v) is 18.7. The molecule has 1 N–H and O–H groups in total. The second-order valence-electron chi connectivity index (χ2n) is 8.06. The molecule has 2 heterocycles. The fourth-order valence-electron chi connectivity index (χ4n) is 3.97. The molecule has 0 unspecified atom stereocenters. The topological polar surface area (TPSA) is 90.0 Å². The van der Waals surface area contributed by atoms with Gasteiger partial charge in [-0.25, -0.2) is 9.67 Å². The molecule has 7 heteroatoms. The number of hydrogen-bond donors (Lipinski definition) is 1. The van der Waals surface area contributed by atoms with Gasteiger partial charge >= 0.3 is 0 Å². The summed E-state index contributed by atoms with van der Waals surface area (Å²) in [6, 6.07) is 21.9. The van der Waals surface area contributed by atoms with Crippen LogP contribution >= 0.6 is 0 Å². The summed E-state index contributed by atoms with van der Waals surface area (Å²) in [5.41, 5.74) is 3.55. The fourth-order valence-corrected chi connectivity index (χ4v) is 3.97. The van der Waals surface area contributed by atoms with E-state index in [1.807, 2.05) is 61.5 Å². The number of carbonyl (C=O) groups is 1. The lowest BCUT2D eigenvalue weighted by Gasteiger charge is -2.16.